The van der Waals surface area contributed by atoms with Crippen LogP contribution < -0.4 is 10.2 Å². The minimum absolute atomic E-state index is 0.0650. The van der Waals surface area contributed by atoms with Crippen LogP contribution in [0.2, 0.25) is 0 Å². The SMILES string of the molecule is CN(c1ccc(-c2ccc(-n3nccn3)cc2O)nn1)[C@H]1C[C@@H]2CCC[C@@H](N2)[C@H]1F. The quantitative estimate of drug-likeness (QED) is 0.684. The van der Waals surface area contributed by atoms with E-state index in [-0.39, 0.29) is 17.8 Å². The molecule has 2 aliphatic heterocycles. The Morgan fingerprint density at radius 3 is 2.70 bits per heavy atom. The summed E-state index contributed by atoms with van der Waals surface area (Å²) in [5, 5.41) is 30.6. The number of fused-ring (bicyclic) bond motifs is 2. The average Bonchev–Trinajstić information content (AvgIpc) is 3.31. The number of alkyl halides is 1. The number of nitrogens with zero attached hydrogens (tertiary/aromatic N) is 6. The Hall–Kier alpha value is -3.07. The molecule has 8 nitrogen and oxygen atoms in total. The molecule has 0 aliphatic carbocycles. The second kappa shape index (κ2) is 7.64. The lowest BCUT2D eigenvalue weighted by Gasteiger charge is -2.46. The molecule has 2 saturated heterocycles. The molecular weight excluding hydrogens is 385 g/mol. The first-order valence-electron chi connectivity index (χ1n) is 10.3. The van der Waals surface area contributed by atoms with Gasteiger partial charge < -0.3 is 15.3 Å². The fraction of sp³-hybridized carbons (Fsp3) is 0.429. The fourth-order valence-corrected chi connectivity index (χ4v) is 4.59. The van der Waals surface area contributed by atoms with Gasteiger partial charge >= 0.3 is 0 Å². The topological polar surface area (TPSA) is 92.0 Å². The molecule has 0 unspecified atom stereocenters. The highest BCUT2D eigenvalue weighted by molar-refractivity contribution is 5.68. The normalized spacial score (nSPS) is 25.8. The van der Waals surface area contributed by atoms with Crippen LogP contribution in [0.3, 0.4) is 0 Å². The second-order valence-electron chi connectivity index (χ2n) is 8.06. The van der Waals surface area contributed by atoms with E-state index in [9.17, 15) is 5.11 Å². The van der Waals surface area contributed by atoms with Crippen LogP contribution in [0.5, 0.6) is 5.75 Å². The summed E-state index contributed by atoms with van der Waals surface area (Å²) in [6, 6.07) is 8.86. The monoisotopic (exact) mass is 409 g/mol. The predicted octanol–water partition coefficient (Wildman–Crippen LogP) is 2.49. The van der Waals surface area contributed by atoms with Crippen LogP contribution in [0.25, 0.3) is 16.9 Å². The zero-order valence-corrected chi connectivity index (χ0v) is 16.7. The Labute approximate surface area is 173 Å². The molecule has 2 bridgehead atoms. The molecule has 0 spiro atoms. The van der Waals surface area contributed by atoms with E-state index in [1.54, 1.807) is 36.7 Å². The molecule has 1 aromatic carbocycles. The number of aromatic hydroxyl groups is 1. The van der Waals surface area contributed by atoms with Crippen molar-refractivity contribution in [2.24, 2.45) is 0 Å². The Kier molecular flexibility index (Phi) is 4.82. The van der Waals surface area contributed by atoms with Gasteiger partial charge in [0, 0.05) is 30.8 Å². The maximum Gasteiger partial charge on any atom is 0.151 e. The largest absolute Gasteiger partial charge is 0.507 e. The molecule has 5 rings (SSSR count). The lowest BCUT2D eigenvalue weighted by atomic mass is 9.82. The maximum absolute atomic E-state index is 15.0. The molecule has 156 valence electrons. The van der Waals surface area contributed by atoms with Gasteiger partial charge in [-0.15, -0.1) is 10.2 Å². The number of halogens is 1. The Morgan fingerprint density at radius 1 is 1.13 bits per heavy atom. The molecule has 0 amide bonds. The first kappa shape index (κ1) is 18.9. The van der Waals surface area contributed by atoms with Crippen molar-refractivity contribution in [1.82, 2.24) is 30.5 Å². The zero-order valence-electron chi connectivity index (χ0n) is 16.7. The Bertz CT molecular complexity index is 1010. The van der Waals surface area contributed by atoms with Gasteiger partial charge in [-0.25, -0.2) is 4.39 Å². The van der Waals surface area contributed by atoms with Gasteiger partial charge in [0.2, 0.25) is 0 Å². The Morgan fingerprint density at radius 2 is 1.97 bits per heavy atom. The molecule has 2 N–H and O–H groups in total. The summed E-state index contributed by atoms with van der Waals surface area (Å²) in [6.45, 7) is 0. The molecule has 2 aromatic heterocycles. The van der Waals surface area contributed by atoms with Crippen LogP contribution in [-0.2, 0) is 0 Å². The highest BCUT2D eigenvalue weighted by atomic mass is 19.1. The first-order chi connectivity index (χ1) is 14.6. The number of hydrogen-bond donors (Lipinski definition) is 2. The van der Waals surface area contributed by atoms with Gasteiger partial charge in [0.05, 0.1) is 29.8 Å². The third-order valence-corrected chi connectivity index (χ3v) is 6.21. The highest BCUT2D eigenvalue weighted by Gasteiger charge is 2.41. The zero-order chi connectivity index (χ0) is 20.7. The van der Waals surface area contributed by atoms with Gasteiger partial charge in [0.25, 0.3) is 0 Å². The number of benzene rings is 1. The van der Waals surface area contributed by atoms with E-state index in [2.05, 4.69) is 25.7 Å². The van der Waals surface area contributed by atoms with E-state index in [1.165, 1.54) is 4.80 Å². The van der Waals surface area contributed by atoms with E-state index >= 15 is 4.39 Å². The van der Waals surface area contributed by atoms with E-state index in [1.807, 2.05) is 18.0 Å². The van der Waals surface area contributed by atoms with Crippen molar-refractivity contribution in [3.8, 4) is 22.7 Å². The molecule has 3 aromatic rings. The van der Waals surface area contributed by atoms with Crippen molar-refractivity contribution in [1.29, 1.82) is 0 Å². The van der Waals surface area contributed by atoms with Crippen molar-refractivity contribution in [2.75, 3.05) is 11.9 Å². The van der Waals surface area contributed by atoms with Gasteiger partial charge in [0.1, 0.15) is 11.9 Å². The molecule has 2 aliphatic rings. The van der Waals surface area contributed by atoms with Crippen molar-refractivity contribution in [3.05, 3.63) is 42.7 Å². The van der Waals surface area contributed by atoms with Crippen molar-refractivity contribution in [3.63, 3.8) is 0 Å². The molecular formula is C21H24FN7O. The minimum atomic E-state index is -0.930. The number of hydrogen-bond acceptors (Lipinski definition) is 7. The van der Waals surface area contributed by atoms with Crippen molar-refractivity contribution < 1.29 is 9.50 Å². The van der Waals surface area contributed by atoms with Gasteiger partial charge in [-0.1, -0.05) is 6.42 Å². The summed E-state index contributed by atoms with van der Waals surface area (Å²) < 4.78 is 15.0. The van der Waals surface area contributed by atoms with Gasteiger partial charge in [-0.3, -0.25) is 0 Å². The lowest BCUT2D eigenvalue weighted by molar-refractivity contribution is 0.107. The number of anilines is 1. The third kappa shape index (κ3) is 3.39. The van der Waals surface area contributed by atoms with E-state index in [0.717, 1.165) is 25.7 Å². The van der Waals surface area contributed by atoms with Crippen molar-refractivity contribution >= 4 is 5.82 Å². The van der Waals surface area contributed by atoms with E-state index in [0.29, 0.717) is 28.8 Å². The number of rotatable bonds is 4. The second-order valence-corrected chi connectivity index (χ2v) is 8.06. The summed E-state index contributed by atoms with van der Waals surface area (Å²) in [5.41, 5.74) is 1.76. The summed E-state index contributed by atoms with van der Waals surface area (Å²) >= 11 is 0. The molecule has 9 heteroatoms. The van der Waals surface area contributed by atoms with Crippen LogP contribution in [0.4, 0.5) is 10.2 Å². The number of phenols is 1. The number of nitrogens with one attached hydrogen (secondary N) is 1. The maximum atomic E-state index is 15.0. The van der Waals surface area contributed by atoms with Crippen LogP contribution in [-0.4, -0.2) is 61.6 Å². The van der Waals surface area contributed by atoms with Gasteiger partial charge in [-0.2, -0.15) is 15.0 Å². The number of aromatic nitrogens is 5. The summed E-state index contributed by atoms with van der Waals surface area (Å²) in [7, 11) is 1.88. The minimum Gasteiger partial charge on any atom is -0.507 e. The van der Waals surface area contributed by atoms with Crippen LogP contribution >= 0.6 is 0 Å². The lowest BCUT2D eigenvalue weighted by Crippen LogP contribution is -2.61. The van der Waals surface area contributed by atoms with Gasteiger partial charge in [0.15, 0.2) is 5.82 Å². The fourth-order valence-electron chi connectivity index (χ4n) is 4.59. The molecule has 0 radical (unpaired) electrons. The van der Waals surface area contributed by atoms with Crippen LogP contribution in [0.1, 0.15) is 25.7 Å². The van der Waals surface area contributed by atoms with E-state index < -0.39 is 6.17 Å². The standard InChI is InChI=1S/C21H24FN7O/c1-28(18-11-13-3-2-4-17(25-13)21(18)22)20-8-7-16(26-27-20)15-6-5-14(12-19(15)30)29-23-9-10-24-29/h5-10,12-13,17-18,21,25,30H,2-4,11H2,1H3/t13-,17+,18-,21+/m0/s1. The predicted molar refractivity (Wildman–Crippen MR) is 110 cm³/mol. The number of phenolic OH excluding ortho intramolecular Hbond substituents is 1. The first-order valence-corrected chi connectivity index (χ1v) is 10.3. The molecule has 0 saturated carbocycles. The highest BCUT2D eigenvalue weighted by Crippen LogP contribution is 2.33. The smallest absolute Gasteiger partial charge is 0.151 e. The third-order valence-electron chi connectivity index (χ3n) is 6.21. The van der Waals surface area contributed by atoms with E-state index in [4.69, 9.17) is 0 Å². The van der Waals surface area contributed by atoms with Gasteiger partial charge in [-0.05, 0) is 43.5 Å². The van der Waals surface area contributed by atoms with Crippen LogP contribution in [0, 0.1) is 0 Å². The van der Waals surface area contributed by atoms with Crippen LogP contribution in [0.15, 0.2) is 42.7 Å². The van der Waals surface area contributed by atoms with Crippen molar-refractivity contribution in [2.45, 2.75) is 50.0 Å². The summed E-state index contributed by atoms with van der Waals surface area (Å²) in [6.07, 6.45) is 6.05. The molecule has 4 atom stereocenters. The Balaban J connectivity index is 1.35. The average molecular weight is 409 g/mol. The summed E-state index contributed by atoms with van der Waals surface area (Å²) in [5.74, 6) is 0.693. The molecule has 30 heavy (non-hydrogen) atoms. The number of piperidine rings is 2. The molecule has 4 heterocycles. The molecule has 2 fully saturated rings. The summed E-state index contributed by atoms with van der Waals surface area (Å²) in [4.78, 5) is 3.33.